The van der Waals surface area contributed by atoms with Crippen LogP contribution in [0.5, 0.6) is 0 Å². The summed E-state index contributed by atoms with van der Waals surface area (Å²) in [6.45, 7) is 4.65. The number of hydrogen-bond acceptors (Lipinski definition) is 2. The van der Waals surface area contributed by atoms with Crippen LogP contribution < -0.4 is 10.6 Å². The second-order valence-electron chi connectivity index (χ2n) is 5.55. The van der Waals surface area contributed by atoms with Crippen LogP contribution in [0.2, 0.25) is 0 Å². The van der Waals surface area contributed by atoms with Crippen LogP contribution in [0, 0.1) is 5.92 Å². The summed E-state index contributed by atoms with van der Waals surface area (Å²) in [5, 5.41) is 7.09. The number of piperidine rings is 1. The largest absolute Gasteiger partial charge is 0.385 e. The summed E-state index contributed by atoms with van der Waals surface area (Å²) in [6, 6.07) is 9.56. The number of para-hydroxylation sites is 1. The van der Waals surface area contributed by atoms with Gasteiger partial charge in [0.1, 0.15) is 0 Å². The summed E-state index contributed by atoms with van der Waals surface area (Å²) < 4.78 is 0. The lowest BCUT2D eigenvalue weighted by atomic mass is 9.75. The van der Waals surface area contributed by atoms with Gasteiger partial charge in [0.05, 0.1) is 0 Å². The Balaban J connectivity index is 1.84. The molecule has 1 aromatic carbocycles. The standard InChI is InChI=1S/C15H22N2/c1-11-10-12(6-8-16-11)13-7-9-17-15-5-3-2-4-14(13)15/h2-5,11-13,16-17H,6-10H2,1H3. The molecule has 0 aromatic heterocycles. The van der Waals surface area contributed by atoms with Crippen molar-refractivity contribution in [2.45, 2.75) is 38.1 Å². The molecular formula is C15H22N2. The van der Waals surface area contributed by atoms with Gasteiger partial charge in [-0.25, -0.2) is 0 Å². The molecule has 2 nitrogen and oxygen atoms in total. The quantitative estimate of drug-likeness (QED) is 0.775. The smallest absolute Gasteiger partial charge is 0.0375 e. The molecule has 0 spiro atoms. The van der Waals surface area contributed by atoms with Gasteiger partial charge in [0, 0.05) is 18.3 Å². The number of nitrogens with one attached hydrogen (secondary N) is 2. The SMILES string of the molecule is CC1CC(C2CCNc3ccccc32)CCN1. The van der Waals surface area contributed by atoms with Crippen LogP contribution in [-0.4, -0.2) is 19.1 Å². The van der Waals surface area contributed by atoms with Crippen LogP contribution in [0.3, 0.4) is 0 Å². The Kier molecular flexibility index (Phi) is 3.06. The Morgan fingerprint density at radius 3 is 2.88 bits per heavy atom. The van der Waals surface area contributed by atoms with E-state index in [0.717, 1.165) is 18.4 Å². The summed E-state index contributed by atoms with van der Waals surface area (Å²) >= 11 is 0. The highest BCUT2D eigenvalue weighted by Crippen LogP contribution is 2.40. The van der Waals surface area contributed by atoms with E-state index in [1.165, 1.54) is 31.5 Å². The molecule has 1 fully saturated rings. The van der Waals surface area contributed by atoms with Gasteiger partial charge in [-0.3, -0.25) is 0 Å². The minimum Gasteiger partial charge on any atom is -0.385 e. The van der Waals surface area contributed by atoms with Crippen molar-refractivity contribution in [3.05, 3.63) is 29.8 Å². The Morgan fingerprint density at radius 1 is 1.12 bits per heavy atom. The molecule has 0 aliphatic carbocycles. The normalized spacial score (nSPS) is 32.6. The second kappa shape index (κ2) is 4.69. The molecule has 3 atom stereocenters. The van der Waals surface area contributed by atoms with Crippen molar-refractivity contribution in [3.63, 3.8) is 0 Å². The molecule has 0 radical (unpaired) electrons. The molecule has 2 aliphatic rings. The molecule has 3 unspecified atom stereocenters. The molecule has 92 valence electrons. The van der Waals surface area contributed by atoms with Crippen molar-refractivity contribution in [3.8, 4) is 0 Å². The predicted octanol–water partition coefficient (Wildman–Crippen LogP) is 2.97. The Labute approximate surface area is 104 Å². The van der Waals surface area contributed by atoms with Crippen LogP contribution in [0.15, 0.2) is 24.3 Å². The maximum Gasteiger partial charge on any atom is 0.0375 e. The second-order valence-corrected chi connectivity index (χ2v) is 5.55. The number of rotatable bonds is 1. The monoisotopic (exact) mass is 230 g/mol. The summed E-state index contributed by atoms with van der Waals surface area (Å²) in [5.41, 5.74) is 2.92. The Hall–Kier alpha value is -1.02. The van der Waals surface area contributed by atoms with Gasteiger partial charge in [-0.1, -0.05) is 18.2 Å². The van der Waals surface area contributed by atoms with Crippen LogP contribution in [0.1, 0.15) is 37.7 Å². The Morgan fingerprint density at radius 2 is 2.00 bits per heavy atom. The van der Waals surface area contributed by atoms with E-state index in [9.17, 15) is 0 Å². The van der Waals surface area contributed by atoms with Crippen molar-refractivity contribution >= 4 is 5.69 Å². The first kappa shape index (κ1) is 11.1. The van der Waals surface area contributed by atoms with Crippen molar-refractivity contribution in [1.29, 1.82) is 0 Å². The lowest BCUT2D eigenvalue weighted by Gasteiger charge is -2.37. The maximum absolute atomic E-state index is 3.56. The van der Waals surface area contributed by atoms with E-state index < -0.39 is 0 Å². The Bertz CT molecular complexity index is 388. The highest BCUT2D eigenvalue weighted by Gasteiger charge is 2.30. The van der Waals surface area contributed by atoms with Gasteiger partial charge in [-0.2, -0.15) is 0 Å². The third kappa shape index (κ3) is 2.19. The highest BCUT2D eigenvalue weighted by molar-refractivity contribution is 5.54. The van der Waals surface area contributed by atoms with Crippen LogP contribution >= 0.6 is 0 Å². The number of hydrogen-bond donors (Lipinski definition) is 2. The third-order valence-corrected chi connectivity index (χ3v) is 4.36. The van der Waals surface area contributed by atoms with E-state index in [1.54, 1.807) is 5.56 Å². The fraction of sp³-hybridized carbons (Fsp3) is 0.600. The van der Waals surface area contributed by atoms with E-state index in [-0.39, 0.29) is 0 Å². The maximum atomic E-state index is 3.56. The molecule has 2 N–H and O–H groups in total. The van der Waals surface area contributed by atoms with E-state index in [1.807, 2.05) is 0 Å². The molecule has 0 saturated carbocycles. The van der Waals surface area contributed by atoms with Crippen molar-refractivity contribution in [2.75, 3.05) is 18.4 Å². The molecule has 1 aromatic rings. The van der Waals surface area contributed by atoms with Gasteiger partial charge in [0.2, 0.25) is 0 Å². The zero-order chi connectivity index (χ0) is 11.7. The summed E-state index contributed by atoms with van der Waals surface area (Å²) in [6.07, 6.45) is 3.97. The molecule has 1 saturated heterocycles. The third-order valence-electron chi connectivity index (χ3n) is 4.36. The molecule has 0 bridgehead atoms. The zero-order valence-corrected chi connectivity index (χ0v) is 10.6. The lowest BCUT2D eigenvalue weighted by Crippen LogP contribution is -2.38. The number of anilines is 1. The average Bonchev–Trinajstić information content (AvgIpc) is 2.38. The van der Waals surface area contributed by atoms with E-state index in [2.05, 4.69) is 41.8 Å². The summed E-state index contributed by atoms with van der Waals surface area (Å²) in [5.74, 6) is 1.64. The van der Waals surface area contributed by atoms with Crippen LogP contribution in [0.25, 0.3) is 0 Å². The van der Waals surface area contributed by atoms with Crippen molar-refractivity contribution < 1.29 is 0 Å². The van der Waals surface area contributed by atoms with Gasteiger partial charge < -0.3 is 10.6 Å². The minimum atomic E-state index is 0.691. The predicted molar refractivity (Wildman–Crippen MR) is 72.5 cm³/mol. The van der Waals surface area contributed by atoms with Crippen LogP contribution in [0.4, 0.5) is 5.69 Å². The van der Waals surface area contributed by atoms with Gasteiger partial charge in [0.15, 0.2) is 0 Å². The van der Waals surface area contributed by atoms with Crippen LogP contribution in [-0.2, 0) is 0 Å². The molecule has 17 heavy (non-hydrogen) atoms. The first-order chi connectivity index (χ1) is 8.34. The summed E-state index contributed by atoms with van der Waals surface area (Å²) in [4.78, 5) is 0. The molecule has 2 aliphatic heterocycles. The lowest BCUT2D eigenvalue weighted by molar-refractivity contribution is 0.266. The molecule has 3 rings (SSSR count). The van der Waals surface area contributed by atoms with Gasteiger partial charge in [-0.05, 0) is 56.2 Å². The molecule has 0 amide bonds. The van der Waals surface area contributed by atoms with Gasteiger partial charge in [0.25, 0.3) is 0 Å². The zero-order valence-electron chi connectivity index (χ0n) is 10.6. The molecule has 2 heteroatoms. The number of fused-ring (bicyclic) bond motifs is 1. The topological polar surface area (TPSA) is 24.1 Å². The van der Waals surface area contributed by atoms with Crippen molar-refractivity contribution in [1.82, 2.24) is 5.32 Å². The fourth-order valence-corrected chi connectivity index (χ4v) is 3.52. The minimum absolute atomic E-state index is 0.691. The van der Waals surface area contributed by atoms with Gasteiger partial charge in [-0.15, -0.1) is 0 Å². The molecule has 2 heterocycles. The first-order valence-electron chi connectivity index (χ1n) is 6.91. The number of benzene rings is 1. The van der Waals surface area contributed by atoms with Crippen molar-refractivity contribution in [2.24, 2.45) is 5.92 Å². The van der Waals surface area contributed by atoms with E-state index >= 15 is 0 Å². The van der Waals surface area contributed by atoms with Gasteiger partial charge >= 0.3 is 0 Å². The highest BCUT2D eigenvalue weighted by atomic mass is 14.9. The average molecular weight is 230 g/mol. The van der Waals surface area contributed by atoms with E-state index in [0.29, 0.717) is 6.04 Å². The fourth-order valence-electron chi connectivity index (χ4n) is 3.52. The van der Waals surface area contributed by atoms with E-state index in [4.69, 9.17) is 0 Å². The summed E-state index contributed by atoms with van der Waals surface area (Å²) in [7, 11) is 0. The molecular weight excluding hydrogens is 208 g/mol. The first-order valence-corrected chi connectivity index (χ1v) is 6.91.